The Morgan fingerprint density at radius 1 is 0.392 bits per heavy atom. The molecule has 5 heteroatoms. The third kappa shape index (κ3) is 4.29. The molecule has 0 radical (unpaired) electrons. The van der Waals surface area contributed by atoms with Crippen LogP contribution in [0.3, 0.4) is 0 Å². The van der Waals surface area contributed by atoms with Crippen molar-refractivity contribution < 1.29 is 4.74 Å². The van der Waals surface area contributed by atoms with Crippen LogP contribution in [0.1, 0.15) is 0 Å². The summed E-state index contributed by atoms with van der Waals surface area (Å²) in [6.07, 6.45) is 0. The zero-order valence-electron chi connectivity index (χ0n) is 27.8. The molecule has 0 bridgehead atoms. The van der Waals surface area contributed by atoms with Crippen molar-refractivity contribution in [2.75, 3.05) is 0 Å². The zero-order chi connectivity index (χ0) is 33.8. The van der Waals surface area contributed by atoms with Crippen molar-refractivity contribution in [3.8, 4) is 17.2 Å². The summed E-state index contributed by atoms with van der Waals surface area (Å²) in [4.78, 5) is 2.52. The monoisotopic (exact) mass is 703 g/mol. The van der Waals surface area contributed by atoms with Crippen LogP contribution < -0.4 is 46.5 Å². The maximum absolute atomic E-state index is 7.37. The number of hydrogen-bond donors (Lipinski definition) is 0. The highest BCUT2D eigenvalue weighted by molar-refractivity contribution is 8.00. The van der Waals surface area contributed by atoms with Crippen LogP contribution in [0.4, 0.5) is 0 Å². The fourth-order valence-corrected chi connectivity index (χ4v) is 21.1. The van der Waals surface area contributed by atoms with Crippen molar-refractivity contribution in [2.45, 2.75) is 9.79 Å². The van der Waals surface area contributed by atoms with Gasteiger partial charge < -0.3 is 9.30 Å². The largest absolute Gasteiger partial charge is 0.455 e. The van der Waals surface area contributed by atoms with E-state index in [1.54, 1.807) is 0 Å². The van der Waals surface area contributed by atoms with Crippen LogP contribution in [-0.4, -0.2) is 20.7 Å². The molecule has 51 heavy (non-hydrogen) atoms. The van der Waals surface area contributed by atoms with Gasteiger partial charge in [0.15, 0.2) is 5.75 Å². The topological polar surface area (TPSA) is 14.2 Å². The molecule has 0 saturated carbocycles. The molecule has 10 rings (SSSR count). The minimum Gasteiger partial charge on any atom is -0.455 e. The summed E-state index contributed by atoms with van der Waals surface area (Å²) in [6, 6.07) is 74.1. The molecule has 0 N–H and O–H groups in total. The van der Waals surface area contributed by atoms with E-state index >= 15 is 0 Å². The lowest BCUT2D eigenvalue weighted by Gasteiger charge is -2.41. The van der Waals surface area contributed by atoms with Gasteiger partial charge in [-0.1, -0.05) is 188 Å². The molecule has 1 aromatic heterocycles. The highest BCUT2D eigenvalue weighted by atomic mass is 32.2. The van der Waals surface area contributed by atoms with Gasteiger partial charge in [0.05, 0.1) is 10.2 Å². The van der Waals surface area contributed by atoms with E-state index in [4.69, 9.17) is 4.74 Å². The van der Waals surface area contributed by atoms with Crippen LogP contribution in [0.25, 0.3) is 5.69 Å². The Morgan fingerprint density at radius 3 is 1.33 bits per heavy atom. The lowest BCUT2D eigenvalue weighted by Crippen LogP contribution is -2.80. The van der Waals surface area contributed by atoms with Crippen molar-refractivity contribution in [3.63, 3.8) is 0 Å². The average Bonchev–Trinajstić information content (AvgIpc) is 3.54. The smallest absolute Gasteiger partial charge is 0.208 e. The Labute approximate surface area is 304 Å². The standard InChI is InChI=1S/C46H33NOSSi2/c1-6-20-34(21-7-1)47-45-43(48-39-30-16-18-32-41(39)50(45,35-22-8-2-9-23-35)36-24-10-3-11-25-36)44-46(47)51(37-26-12-4-13-27-37,38-28-14-5-15-29-38)42-33-19-17-31-40(42)49-44/h1-33H. The summed E-state index contributed by atoms with van der Waals surface area (Å²) in [6.45, 7) is 0. The third-order valence-electron chi connectivity index (χ3n) is 10.6. The molecule has 0 unspecified atom stereocenters. The highest BCUT2D eigenvalue weighted by Crippen LogP contribution is 2.44. The minimum atomic E-state index is -3.04. The third-order valence-corrected chi connectivity index (χ3v) is 21.8. The van der Waals surface area contributed by atoms with Gasteiger partial charge in [-0.25, -0.2) is 0 Å². The van der Waals surface area contributed by atoms with Gasteiger partial charge in [-0.3, -0.25) is 0 Å². The Balaban J connectivity index is 1.48. The predicted octanol–water partition coefficient (Wildman–Crippen LogP) is 5.80. The molecule has 8 aromatic rings. The molecule has 0 amide bonds. The maximum atomic E-state index is 7.37. The predicted molar refractivity (Wildman–Crippen MR) is 217 cm³/mol. The van der Waals surface area contributed by atoms with E-state index in [2.05, 4.69) is 205 Å². The molecule has 2 aliphatic rings. The van der Waals surface area contributed by atoms with Crippen LogP contribution in [0, 0.1) is 0 Å². The van der Waals surface area contributed by atoms with Gasteiger partial charge >= 0.3 is 0 Å². The highest BCUT2D eigenvalue weighted by Gasteiger charge is 2.57. The Kier molecular flexibility index (Phi) is 7.13. The lowest BCUT2D eigenvalue weighted by molar-refractivity contribution is 0.477. The Morgan fingerprint density at radius 2 is 0.804 bits per heavy atom. The van der Waals surface area contributed by atoms with Crippen LogP contribution in [0.2, 0.25) is 0 Å². The van der Waals surface area contributed by atoms with E-state index in [1.165, 1.54) is 51.5 Å². The fraction of sp³-hybridized carbons (Fsp3) is 0. The molecule has 0 saturated heterocycles. The first-order valence-electron chi connectivity index (χ1n) is 17.4. The number of benzene rings is 7. The molecule has 7 aromatic carbocycles. The summed E-state index contributed by atoms with van der Waals surface area (Å²) < 4.78 is 10.1. The number of rotatable bonds is 5. The quantitative estimate of drug-likeness (QED) is 0.211. The van der Waals surface area contributed by atoms with Gasteiger partial charge in [-0.15, -0.1) is 0 Å². The first-order valence-corrected chi connectivity index (χ1v) is 22.3. The second kappa shape index (κ2) is 12.0. The van der Waals surface area contributed by atoms with Crippen molar-refractivity contribution in [2.24, 2.45) is 0 Å². The van der Waals surface area contributed by atoms with Crippen molar-refractivity contribution in [1.82, 2.24) is 4.57 Å². The molecule has 3 heterocycles. The summed E-state index contributed by atoms with van der Waals surface area (Å²) in [5, 5.41) is 10.7. The fourth-order valence-electron chi connectivity index (χ4n) is 8.69. The number of nitrogens with zero attached hydrogens (tertiary/aromatic N) is 1. The van der Waals surface area contributed by atoms with Crippen LogP contribution >= 0.6 is 11.8 Å². The summed E-state index contributed by atoms with van der Waals surface area (Å²) in [5.74, 6) is 1.94. The number of ether oxygens (including phenoxy) is 1. The van der Waals surface area contributed by atoms with E-state index in [1.807, 2.05) is 11.8 Å². The second-order valence-electron chi connectivity index (χ2n) is 13.2. The molecular formula is C46H33NOSSi2. The van der Waals surface area contributed by atoms with Gasteiger partial charge in [0.25, 0.3) is 0 Å². The summed E-state index contributed by atoms with van der Waals surface area (Å²) >= 11 is 1.88. The number of para-hydroxylation sites is 2. The number of aromatic nitrogens is 1. The van der Waals surface area contributed by atoms with E-state index in [-0.39, 0.29) is 0 Å². The molecule has 0 spiro atoms. The van der Waals surface area contributed by atoms with Crippen molar-refractivity contribution in [1.29, 1.82) is 0 Å². The summed E-state index contributed by atoms with van der Waals surface area (Å²) in [7, 11) is -6.04. The first-order chi connectivity index (χ1) is 25.3. The van der Waals surface area contributed by atoms with E-state index < -0.39 is 16.1 Å². The molecule has 2 aliphatic heterocycles. The first kappa shape index (κ1) is 30.2. The van der Waals surface area contributed by atoms with E-state index in [0.29, 0.717) is 0 Å². The SMILES string of the molecule is c1ccc(-n2c3c(c4c2[Si](c2ccccc2)(c2ccccc2)c2ccccc2S4)Oc2ccccc2[Si]3(c2ccccc2)c2ccccc2)cc1. The van der Waals surface area contributed by atoms with Crippen molar-refractivity contribution in [3.05, 3.63) is 200 Å². The molecule has 0 fully saturated rings. The second-order valence-corrected chi connectivity index (χ2v) is 21.6. The average molecular weight is 704 g/mol. The van der Waals surface area contributed by atoms with Gasteiger partial charge in [0.1, 0.15) is 5.75 Å². The lowest BCUT2D eigenvalue weighted by atomic mass is 10.3. The molecule has 2 nitrogen and oxygen atoms in total. The van der Waals surface area contributed by atoms with E-state index in [0.717, 1.165) is 17.2 Å². The van der Waals surface area contributed by atoms with Crippen molar-refractivity contribution >= 4 is 69.7 Å². The van der Waals surface area contributed by atoms with Crippen LogP contribution in [0.5, 0.6) is 11.5 Å². The normalized spacial score (nSPS) is 14.7. The molecular weight excluding hydrogens is 671 g/mol. The van der Waals surface area contributed by atoms with Gasteiger partial charge in [0, 0.05) is 15.9 Å². The van der Waals surface area contributed by atoms with Gasteiger partial charge in [-0.2, -0.15) is 0 Å². The van der Waals surface area contributed by atoms with Gasteiger partial charge in [-0.05, 0) is 55.4 Å². The zero-order valence-corrected chi connectivity index (χ0v) is 30.6. The molecule has 242 valence electrons. The van der Waals surface area contributed by atoms with E-state index in [9.17, 15) is 0 Å². The Bertz CT molecular complexity index is 2280. The maximum Gasteiger partial charge on any atom is 0.208 e. The Hall–Kier alpha value is -5.60. The number of hydrogen-bond acceptors (Lipinski definition) is 2. The van der Waals surface area contributed by atoms with Crippen LogP contribution in [-0.2, 0) is 0 Å². The minimum absolute atomic E-state index is 0.948. The number of fused-ring (bicyclic) bond motifs is 5. The summed E-state index contributed by atoms with van der Waals surface area (Å²) in [5.41, 5.74) is 1.16. The molecule has 0 atom stereocenters. The van der Waals surface area contributed by atoms with Gasteiger partial charge in [0.2, 0.25) is 16.1 Å². The van der Waals surface area contributed by atoms with Crippen LogP contribution in [0.15, 0.2) is 210 Å². The molecule has 0 aliphatic carbocycles.